The number of carboxylic acids is 1. The van der Waals surface area contributed by atoms with Crippen molar-refractivity contribution in [2.45, 2.75) is 13.1 Å². The van der Waals surface area contributed by atoms with Crippen molar-refractivity contribution in [1.29, 1.82) is 0 Å². The van der Waals surface area contributed by atoms with E-state index in [0.29, 0.717) is 12.2 Å². The molecule has 7 nitrogen and oxygen atoms in total. The van der Waals surface area contributed by atoms with Gasteiger partial charge in [0.2, 0.25) is 0 Å². The second kappa shape index (κ2) is 5.17. The molecule has 0 aliphatic heterocycles. The second-order valence-corrected chi connectivity index (χ2v) is 3.70. The number of aromatic nitrogens is 3. The van der Waals surface area contributed by atoms with E-state index in [2.05, 4.69) is 15.5 Å². The zero-order valence-corrected chi connectivity index (χ0v) is 9.46. The van der Waals surface area contributed by atoms with Gasteiger partial charge < -0.3 is 15.0 Å². The first kappa shape index (κ1) is 11.9. The van der Waals surface area contributed by atoms with Gasteiger partial charge in [0.05, 0.1) is 6.20 Å². The molecule has 3 N–H and O–H groups in total. The standard InChI is InChI=1S/C11H12N4O3/c16-10(17)7-15-3-1-2-9(15)11(18)12-4-8-5-13-14-6-8/h1-3,5-6H,4,7H2,(H,12,18)(H,13,14)(H,16,17). The van der Waals surface area contributed by atoms with E-state index in [4.69, 9.17) is 5.11 Å². The van der Waals surface area contributed by atoms with Crippen LogP contribution >= 0.6 is 0 Å². The fourth-order valence-electron chi connectivity index (χ4n) is 1.55. The van der Waals surface area contributed by atoms with Crippen LogP contribution in [0, 0.1) is 0 Å². The fraction of sp³-hybridized carbons (Fsp3) is 0.182. The van der Waals surface area contributed by atoms with Crippen molar-refractivity contribution in [2.24, 2.45) is 0 Å². The van der Waals surface area contributed by atoms with Gasteiger partial charge in [-0.1, -0.05) is 0 Å². The van der Waals surface area contributed by atoms with Crippen molar-refractivity contribution in [2.75, 3.05) is 0 Å². The number of hydrogen-bond acceptors (Lipinski definition) is 3. The number of aromatic amines is 1. The summed E-state index contributed by atoms with van der Waals surface area (Å²) in [6, 6.07) is 3.21. The van der Waals surface area contributed by atoms with Crippen LogP contribution in [0.25, 0.3) is 0 Å². The molecule has 0 bridgehead atoms. The van der Waals surface area contributed by atoms with Gasteiger partial charge in [-0.05, 0) is 12.1 Å². The summed E-state index contributed by atoms with van der Waals surface area (Å²) < 4.78 is 1.38. The molecule has 0 radical (unpaired) electrons. The molecule has 0 aliphatic rings. The summed E-state index contributed by atoms with van der Waals surface area (Å²) >= 11 is 0. The largest absolute Gasteiger partial charge is 0.480 e. The highest BCUT2D eigenvalue weighted by Crippen LogP contribution is 2.03. The van der Waals surface area contributed by atoms with E-state index in [-0.39, 0.29) is 12.5 Å². The molecule has 0 aromatic carbocycles. The molecule has 0 unspecified atom stereocenters. The summed E-state index contributed by atoms with van der Waals surface area (Å²) in [7, 11) is 0. The van der Waals surface area contributed by atoms with Gasteiger partial charge in [-0.15, -0.1) is 0 Å². The Labute approximate surface area is 102 Å². The lowest BCUT2D eigenvalue weighted by atomic mass is 10.3. The maximum absolute atomic E-state index is 11.8. The lowest BCUT2D eigenvalue weighted by Gasteiger charge is -2.06. The number of H-pyrrole nitrogens is 1. The summed E-state index contributed by atoms with van der Waals surface area (Å²) in [5.41, 5.74) is 1.17. The van der Waals surface area contributed by atoms with Gasteiger partial charge >= 0.3 is 5.97 Å². The van der Waals surface area contributed by atoms with Crippen molar-refractivity contribution in [1.82, 2.24) is 20.1 Å². The van der Waals surface area contributed by atoms with Gasteiger partial charge in [-0.2, -0.15) is 5.10 Å². The Morgan fingerprint density at radius 1 is 1.50 bits per heavy atom. The van der Waals surface area contributed by atoms with E-state index in [1.807, 2.05) is 0 Å². The number of carbonyl (C=O) groups excluding carboxylic acids is 1. The third-order valence-corrected chi connectivity index (χ3v) is 2.38. The number of amides is 1. The van der Waals surface area contributed by atoms with Crippen molar-refractivity contribution in [3.63, 3.8) is 0 Å². The van der Waals surface area contributed by atoms with Crippen LogP contribution in [-0.2, 0) is 17.9 Å². The molecule has 18 heavy (non-hydrogen) atoms. The second-order valence-electron chi connectivity index (χ2n) is 3.70. The van der Waals surface area contributed by atoms with Gasteiger partial charge in [0, 0.05) is 24.5 Å². The Hall–Kier alpha value is -2.57. The summed E-state index contributed by atoms with van der Waals surface area (Å²) in [6.45, 7) is 0.106. The monoisotopic (exact) mass is 248 g/mol. The molecule has 2 aromatic heterocycles. The Balaban J connectivity index is 2.00. The first-order chi connectivity index (χ1) is 8.66. The summed E-state index contributed by atoms with van der Waals surface area (Å²) in [5.74, 6) is -1.31. The first-order valence-corrected chi connectivity index (χ1v) is 5.29. The zero-order valence-electron chi connectivity index (χ0n) is 9.46. The van der Waals surface area contributed by atoms with Crippen LogP contribution in [0.2, 0.25) is 0 Å². The molecule has 0 saturated carbocycles. The molecular formula is C11H12N4O3. The minimum atomic E-state index is -0.991. The van der Waals surface area contributed by atoms with Crippen LogP contribution in [0.15, 0.2) is 30.7 Å². The quantitative estimate of drug-likeness (QED) is 0.705. The van der Waals surface area contributed by atoms with Crippen LogP contribution in [0.1, 0.15) is 16.1 Å². The molecule has 1 amide bonds. The minimum Gasteiger partial charge on any atom is -0.480 e. The number of carbonyl (C=O) groups is 2. The number of carboxylic acid groups (broad SMARTS) is 1. The average molecular weight is 248 g/mol. The van der Waals surface area contributed by atoms with Crippen LogP contribution in [0.4, 0.5) is 0 Å². The molecule has 2 heterocycles. The van der Waals surface area contributed by atoms with E-state index in [1.165, 1.54) is 4.57 Å². The molecule has 0 fully saturated rings. The highest BCUT2D eigenvalue weighted by molar-refractivity contribution is 5.93. The smallest absolute Gasteiger partial charge is 0.323 e. The number of aliphatic carboxylic acids is 1. The fourth-order valence-corrected chi connectivity index (χ4v) is 1.55. The average Bonchev–Trinajstić information content (AvgIpc) is 2.95. The van der Waals surface area contributed by atoms with E-state index in [9.17, 15) is 9.59 Å². The molecule has 2 aromatic rings. The van der Waals surface area contributed by atoms with Crippen molar-refractivity contribution in [3.05, 3.63) is 42.0 Å². The van der Waals surface area contributed by atoms with Crippen LogP contribution in [0.5, 0.6) is 0 Å². The molecule has 94 valence electrons. The third kappa shape index (κ3) is 2.76. The van der Waals surface area contributed by atoms with Gasteiger partial charge in [-0.3, -0.25) is 14.7 Å². The number of nitrogens with one attached hydrogen (secondary N) is 2. The predicted octanol–water partition coefficient (Wildman–Crippen LogP) is 0.226. The summed E-state index contributed by atoms with van der Waals surface area (Å²) in [5, 5.41) is 17.8. The van der Waals surface area contributed by atoms with Crippen LogP contribution in [-0.4, -0.2) is 31.7 Å². The van der Waals surface area contributed by atoms with Gasteiger partial charge in [-0.25, -0.2) is 0 Å². The molecule has 0 aliphatic carbocycles. The lowest BCUT2D eigenvalue weighted by molar-refractivity contribution is -0.137. The number of hydrogen-bond donors (Lipinski definition) is 3. The van der Waals surface area contributed by atoms with E-state index in [0.717, 1.165) is 5.56 Å². The first-order valence-electron chi connectivity index (χ1n) is 5.29. The highest BCUT2D eigenvalue weighted by atomic mass is 16.4. The molecular weight excluding hydrogens is 236 g/mol. The van der Waals surface area contributed by atoms with Crippen molar-refractivity contribution < 1.29 is 14.7 Å². The van der Waals surface area contributed by atoms with E-state index < -0.39 is 5.97 Å². The minimum absolute atomic E-state index is 0.235. The van der Waals surface area contributed by atoms with Gasteiger partial charge in [0.15, 0.2) is 0 Å². The highest BCUT2D eigenvalue weighted by Gasteiger charge is 2.12. The summed E-state index contributed by atoms with van der Waals surface area (Å²) in [4.78, 5) is 22.5. The zero-order chi connectivity index (χ0) is 13.0. The maximum atomic E-state index is 11.8. The Morgan fingerprint density at radius 3 is 3.00 bits per heavy atom. The van der Waals surface area contributed by atoms with Gasteiger partial charge in [0.25, 0.3) is 5.91 Å². The Morgan fingerprint density at radius 2 is 2.33 bits per heavy atom. The molecule has 2 rings (SSSR count). The van der Waals surface area contributed by atoms with E-state index >= 15 is 0 Å². The van der Waals surface area contributed by atoms with Crippen molar-refractivity contribution >= 4 is 11.9 Å². The number of rotatable bonds is 5. The van der Waals surface area contributed by atoms with Crippen LogP contribution < -0.4 is 5.32 Å². The molecule has 0 saturated heterocycles. The predicted molar refractivity (Wildman–Crippen MR) is 61.8 cm³/mol. The Kier molecular flexibility index (Phi) is 3.42. The van der Waals surface area contributed by atoms with Crippen molar-refractivity contribution in [3.8, 4) is 0 Å². The lowest BCUT2D eigenvalue weighted by Crippen LogP contribution is -2.26. The summed E-state index contributed by atoms with van der Waals surface area (Å²) in [6.07, 6.45) is 4.84. The SMILES string of the molecule is O=C(O)Cn1cccc1C(=O)NCc1cn[nH]c1. The van der Waals surface area contributed by atoms with Gasteiger partial charge in [0.1, 0.15) is 12.2 Å². The van der Waals surface area contributed by atoms with E-state index in [1.54, 1.807) is 30.7 Å². The Bertz CT molecular complexity index is 544. The molecule has 0 spiro atoms. The third-order valence-electron chi connectivity index (χ3n) is 2.38. The molecule has 0 atom stereocenters. The maximum Gasteiger partial charge on any atom is 0.323 e. The van der Waals surface area contributed by atoms with Crippen LogP contribution in [0.3, 0.4) is 0 Å². The normalized spacial score (nSPS) is 10.2. The molecule has 7 heteroatoms. The topological polar surface area (TPSA) is 100 Å². The number of nitrogens with zero attached hydrogens (tertiary/aromatic N) is 2.